The van der Waals surface area contributed by atoms with Crippen LogP contribution >= 0.6 is 24.0 Å². The minimum absolute atomic E-state index is 0. The van der Waals surface area contributed by atoms with E-state index in [-0.39, 0.29) is 48.5 Å². The van der Waals surface area contributed by atoms with E-state index in [2.05, 4.69) is 35.8 Å². The lowest BCUT2D eigenvalue weighted by Gasteiger charge is -2.33. The highest BCUT2D eigenvalue weighted by molar-refractivity contribution is 14.0. The Morgan fingerprint density at radius 2 is 2.12 bits per heavy atom. The van der Waals surface area contributed by atoms with Crippen LogP contribution in [0.3, 0.4) is 0 Å². The standard InChI is InChI=1S/C16H27N7O.HI/c1-12(2)21-14(24)10-20-15(17-3)22-13-6-4-9-23(11-13)16-18-7-5-8-19-16;/h5,7-8,12-13H,4,6,9-11H2,1-3H3,(H,21,24)(H2,17,20,22);1H. The minimum Gasteiger partial charge on any atom is -0.352 e. The van der Waals surface area contributed by atoms with Crippen LogP contribution in [0.15, 0.2) is 23.5 Å². The van der Waals surface area contributed by atoms with Gasteiger partial charge in [0.1, 0.15) is 0 Å². The van der Waals surface area contributed by atoms with Crippen LogP contribution in [0.4, 0.5) is 5.95 Å². The highest BCUT2D eigenvalue weighted by atomic mass is 127. The second-order valence-electron chi connectivity index (χ2n) is 6.13. The number of nitrogens with zero attached hydrogens (tertiary/aromatic N) is 4. The Morgan fingerprint density at radius 3 is 2.76 bits per heavy atom. The van der Waals surface area contributed by atoms with Crippen molar-refractivity contribution >= 4 is 41.8 Å². The molecule has 2 rings (SSSR count). The Bertz CT molecular complexity index is 553. The van der Waals surface area contributed by atoms with Gasteiger partial charge in [-0.2, -0.15) is 0 Å². The summed E-state index contributed by atoms with van der Waals surface area (Å²) in [6.07, 6.45) is 5.61. The molecule has 2 heterocycles. The number of aromatic nitrogens is 2. The highest BCUT2D eigenvalue weighted by Gasteiger charge is 2.22. The number of guanidine groups is 1. The summed E-state index contributed by atoms with van der Waals surface area (Å²) in [7, 11) is 1.70. The van der Waals surface area contributed by atoms with Gasteiger partial charge >= 0.3 is 0 Å². The van der Waals surface area contributed by atoms with Gasteiger partial charge < -0.3 is 20.9 Å². The zero-order chi connectivity index (χ0) is 17.4. The SMILES string of the molecule is CN=C(NCC(=O)NC(C)C)NC1CCCN(c2ncccn2)C1.I. The van der Waals surface area contributed by atoms with Crippen LogP contribution < -0.4 is 20.9 Å². The first-order valence-electron chi connectivity index (χ1n) is 8.37. The molecule has 140 valence electrons. The zero-order valence-corrected chi connectivity index (χ0v) is 17.4. The summed E-state index contributed by atoms with van der Waals surface area (Å²) >= 11 is 0. The molecule has 1 aromatic rings. The first-order valence-corrected chi connectivity index (χ1v) is 8.37. The number of hydrogen-bond acceptors (Lipinski definition) is 5. The van der Waals surface area contributed by atoms with Gasteiger partial charge in [-0.25, -0.2) is 9.97 Å². The summed E-state index contributed by atoms with van der Waals surface area (Å²) in [6.45, 7) is 5.84. The number of hydrogen-bond donors (Lipinski definition) is 3. The van der Waals surface area contributed by atoms with Gasteiger partial charge in [0.05, 0.1) is 6.54 Å². The van der Waals surface area contributed by atoms with Crippen molar-refractivity contribution in [3.63, 3.8) is 0 Å². The Morgan fingerprint density at radius 1 is 1.40 bits per heavy atom. The Kier molecular flexibility index (Phi) is 9.46. The van der Waals surface area contributed by atoms with E-state index in [9.17, 15) is 4.79 Å². The average Bonchev–Trinajstić information content (AvgIpc) is 2.59. The van der Waals surface area contributed by atoms with E-state index in [0.29, 0.717) is 5.96 Å². The normalized spacial score (nSPS) is 17.7. The van der Waals surface area contributed by atoms with Gasteiger partial charge in [-0.3, -0.25) is 9.79 Å². The lowest BCUT2D eigenvalue weighted by Crippen LogP contribution is -2.53. The van der Waals surface area contributed by atoms with Crippen molar-refractivity contribution in [3.8, 4) is 0 Å². The third-order valence-corrected chi connectivity index (χ3v) is 3.69. The van der Waals surface area contributed by atoms with E-state index >= 15 is 0 Å². The number of anilines is 1. The minimum atomic E-state index is -0.0455. The fraction of sp³-hybridized carbons (Fsp3) is 0.625. The number of halogens is 1. The van der Waals surface area contributed by atoms with Gasteiger partial charge in [-0.1, -0.05) is 0 Å². The summed E-state index contributed by atoms with van der Waals surface area (Å²) < 4.78 is 0. The highest BCUT2D eigenvalue weighted by Crippen LogP contribution is 2.15. The molecule has 1 fully saturated rings. The lowest BCUT2D eigenvalue weighted by atomic mass is 10.1. The third kappa shape index (κ3) is 7.41. The second-order valence-corrected chi connectivity index (χ2v) is 6.13. The number of carbonyl (C=O) groups is 1. The van der Waals surface area contributed by atoms with E-state index in [4.69, 9.17) is 0 Å². The maximum absolute atomic E-state index is 11.7. The van der Waals surface area contributed by atoms with Gasteiger partial charge in [0.15, 0.2) is 5.96 Å². The topological polar surface area (TPSA) is 94.5 Å². The Balaban J connectivity index is 0.00000312. The number of carbonyl (C=O) groups excluding carboxylic acids is 1. The van der Waals surface area contributed by atoms with Gasteiger partial charge in [0.2, 0.25) is 11.9 Å². The lowest BCUT2D eigenvalue weighted by molar-refractivity contribution is -0.120. The van der Waals surface area contributed by atoms with Crippen LogP contribution in [0.5, 0.6) is 0 Å². The molecule has 1 atom stereocenters. The van der Waals surface area contributed by atoms with Crippen molar-refractivity contribution in [2.75, 3.05) is 31.6 Å². The fourth-order valence-electron chi connectivity index (χ4n) is 2.66. The summed E-state index contributed by atoms with van der Waals surface area (Å²) in [5.74, 6) is 1.34. The van der Waals surface area contributed by atoms with Gasteiger partial charge in [-0.05, 0) is 32.8 Å². The number of rotatable bonds is 5. The van der Waals surface area contributed by atoms with Gasteiger partial charge in [0, 0.05) is 44.6 Å². The molecular formula is C16H28IN7O. The first-order chi connectivity index (χ1) is 11.6. The Labute approximate surface area is 166 Å². The third-order valence-electron chi connectivity index (χ3n) is 3.69. The zero-order valence-electron chi connectivity index (χ0n) is 15.0. The van der Waals surface area contributed by atoms with Crippen molar-refractivity contribution in [1.29, 1.82) is 0 Å². The molecule has 0 bridgehead atoms. The predicted molar refractivity (Wildman–Crippen MR) is 110 cm³/mol. The molecule has 1 aliphatic heterocycles. The molecule has 1 unspecified atom stereocenters. The van der Waals surface area contributed by atoms with Crippen LogP contribution in [0.2, 0.25) is 0 Å². The molecule has 0 radical (unpaired) electrons. The van der Waals surface area contributed by atoms with Crippen molar-refractivity contribution in [2.45, 2.75) is 38.8 Å². The maximum atomic E-state index is 11.7. The molecule has 1 aliphatic rings. The van der Waals surface area contributed by atoms with Crippen LogP contribution in [-0.2, 0) is 4.79 Å². The molecule has 3 N–H and O–H groups in total. The van der Waals surface area contributed by atoms with Crippen LogP contribution in [0.25, 0.3) is 0 Å². The summed E-state index contributed by atoms with van der Waals surface area (Å²) in [5.41, 5.74) is 0. The van der Waals surface area contributed by atoms with Crippen molar-refractivity contribution in [1.82, 2.24) is 25.9 Å². The Hall–Kier alpha value is -1.65. The molecule has 0 saturated carbocycles. The number of aliphatic imine (C=N–C) groups is 1. The van der Waals surface area contributed by atoms with Gasteiger partial charge in [-0.15, -0.1) is 24.0 Å². The monoisotopic (exact) mass is 461 g/mol. The second kappa shape index (κ2) is 11.1. The molecule has 9 heteroatoms. The average molecular weight is 461 g/mol. The van der Waals surface area contributed by atoms with Crippen molar-refractivity contribution < 1.29 is 4.79 Å². The molecule has 1 amide bonds. The van der Waals surface area contributed by atoms with E-state index in [1.807, 2.05) is 19.9 Å². The molecule has 1 saturated heterocycles. The molecule has 1 aromatic heterocycles. The smallest absolute Gasteiger partial charge is 0.239 e. The maximum Gasteiger partial charge on any atom is 0.239 e. The van der Waals surface area contributed by atoms with E-state index in [1.165, 1.54) is 0 Å². The fourth-order valence-corrected chi connectivity index (χ4v) is 2.66. The quantitative estimate of drug-likeness (QED) is 0.341. The molecule has 0 aliphatic carbocycles. The van der Waals surface area contributed by atoms with E-state index < -0.39 is 0 Å². The van der Waals surface area contributed by atoms with Crippen molar-refractivity contribution in [3.05, 3.63) is 18.5 Å². The summed E-state index contributed by atoms with van der Waals surface area (Å²) in [6, 6.07) is 2.19. The largest absolute Gasteiger partial charge is 0.352 e. The number of amides is 1. The van der Waals surface area contributed by atoms with Crippen LogP contribution in [0.1, 0.15) is 26.7 Å². The first kappa shape index (κ1) is 21.4. The van der Waals surface area contributed by atoms with Crippen LogP contribution in [0, 0.1) is 0 Å². The molecule has 0 aromatic carbocycles. The molecule has 0 spiro atoms. The van der Waals surface area contributed by atoms with E-state index in [0.717, 1.165) is 31.9 Å². The van der Waals surface area contributed by atoms with Crippen LogP contribution in [-0.4, -0.2) is 60.6 Å². The molecule has 8 nitrogen and oxygen atoms in total. The van der Waals surface area contributed by atoms with E-state index in [1.54, 1.807) is 19.4 Å². The summed E-state index contributed by atoms with van der Waals surface area (Å²) in [4.78, 5) is 26.7. The van der Waals surface area contributed by atoms with Crippen molar-refractivity contribution in [2.24, 2.45) is 4.99 Å². The molecular weight excluding hydrogens is 433 g/mol. The predicted octanol–water partition coefficient (Wildman–Crippen LogP) is 0.753. The number of piperidine rings is 1. The summed E-state index contributed by atoms with van der Waals surface area (Å²) in [5, 5.41) is 9.27. The molecule has 25 heavy (non-hydrogen) atoms. The number of nitrogens with one attached hydrogen (secondary N) is 3. The van der Waals surface area contributed by atoms with Gasteiger partial charge in [0.25, 0.3) is 0 Å².